The Kier molecular flexibility index (Phi) is 4.92. The van der Waals surface area contributed by atoms with Crippen LogP contribution in [0.3, 0.4) is 0 Å². The molecule has 0 unspecified atom stereocenters. The lowest BCUT2D eigenvalue weighted by atomic mass is 9.82. The van der Waals surface area contributed by atoms with Gasteiger partial charge in [-0.05, 0) is 49.1 Å². The first-order valence-corrected chi connectivity index (χ1v) is 9.40. The highest BCUT2D eigenvalue weighted by molar-refractivity contribution is 6.30. The maximum atomic E-state index is 12.5. The molecule has 0 fully saturated rings. The molecule has 28 heavy (non-hydrogen) atoms. The van der Waals surface area contributed by atoms with Crippen LogP contribution in [-0.4, -0.2) is 21.7 Å². The molecule has 0 aliphatic heterocycles. The highest BCUT2D eigenvalue weighted by atomic mass is 35.5. The van der Waals surface area contributed by atoms with E-state index in [4.69, 9.17) is 11.6 Å². The maximum Gasteiger partial charge on any atom is 0.258 e. The Morgan fingerprint density at radius 2 is 1.96 bits per heavy atom. The first-order valence-electron chi connectivity index (χ1n) is 9.02. The van der Waals surface area contributed by atoms with Gasteiger partial charge in [-0.1, -0.05) is 41.4 Å². The van der Waals surface area contributed by atoms with Crippen LogP contribution in [0.5, 0.6) is 0 Å². The van der Waals surface area contributed by atoms with Gasteiger partial charge < -0.3 is 0 Å². The number of carbonyl (C=O) groups excluding carboxylic acids is 2. The van der Waals surface area contributed by atoms with E-state index in [9.17, 15) is 9.59 Å². The van der Waals surface area contributed by atoms with E-state index < -0.39 is 0 Å². The van der Waals surface area contributed by atoms with E-state index >= 15 is 0 Å². The van der Waals surface area contributed by atoms with Crippen LogP contribution in [0.4, 0.5) is 5.95 Å². The fraction of sp³-hybridized carbons (Fsp3) is 0.182. The van der Waals surface area contributed by atoms with Crippen LogP contribution in [-0.2, 0) is 6.42 Å². The summed E-state index contributed by atoms with van der Waals surface area (Å²) in [6.07, 6.45) is 2.49. The van der Waals surface area contributed by atoms with Gasteiger partial charge in [0.25, 0.3) is 5.91 Å². The van der Waals surface area contributed by atoms with Crippen LogP contribution in [0.15, 0.2) is 54.7 Å². The summed E-state index contributed by atoms with van der Waals surface area (Å²) in [5, 5.41) is 3.36. The fourth-order valence-electron chi connectivity index (χ4n) is 3.46. The van der Waals surface area contributed by atoms with Crippen molar-refractivity contribution < 1.29 is 9.59 Å². The number of amides is 1. The molecule has 0 radical (unpaired) electrons. The SMILES string of the molecule is Cc1cccc(C(=O)Nc2ncc3c(n2)C[C@H](c2cccc(Cl)c2)CC3=O)c1. The van der Waals surface area contributed by atoms with Crippen LogP contribution in [0.25, 0.3) is 0 Å². The van der Waals surface area contributed by atoms with E-state index in [-0.39, 0.29) is 23.6 Å². The Hall–Kier alpha value is -3.05. The molecule has 1 heterocycles. The van der Waals surface area contributed by atoms with E-state index in [1.807, 2.05) is 43.3 Å². The van der Waals surface area contributed by atoms with Gasteiger partial charge in [0, 0.05) is 23.2 Å². The topological polar surface area (TPSA) is 72.0 Å². The number of rotatable bonds is 3. The average molecular weight is 392 g/mol. The molecule has 140 valence electrons. The summed E-state index contributed by atoms with van der Waals surface area (Å²) in [4.78, 5) is 33.6. The number of anilines is 1. The molecule has 1 aliphatic carbocycles. The van der Waals surface area contributed by atoms with Crippen molar-refractivity contribution in [1.29, 1.82) is 0 Å². The summed E-state index contributed by atoms with van der Waals surface area (Å²) in [7, 11) is 0. The van der Waals surface area contributed by atoms with Crippen molar-refractivity contribution in [2.75, 3.05) is 5.32 Å². The first-order chi connectivity index (χ1) is 13.5. The third-order valence-corrected chi connectivity index (χ3v) is 5.10. The number of benzene rings is 2. The molecule has 6 heteroatoms. The minimum atomic E-state index is -0.280. The molecule has 5 nitrogen and oxygen atoms in total. The number of hydrogen-bond donors (Lipinski definition) is 1. The number of ketones is 1. The number of halogens is 1. The molecule has 0 saturated heterocycles. The molecule has 0 bridgehead atoms. The fourth-order valence-corrected chi connectivity index (χ4v) is 3.66. The molecular formula is C22H18ClN3O2. The van der Waals surface area contributed by atoms with E-state index in [0.717, 1.165) is 11.1 Å². The second-order valence-corrected chi connectivity index (χ2v) is 7.40. The van der Waals surface area contributed by atoms with E-state index in [1.165, 1.54) is 6.20 Å². The Morgan fingerprint density at radius 1 is 1.14 bits per heavy atom. The Labute approximate surface area is 167 Å². The zero-order chi connectivity index (χ0) is 19.7. The lowest BCUT2D eigenvalue weighted by Crippen LogP contribution is -2.22. The number of nitrogens with one attached hydrogen (secondary N) is 1. The van der Waals surface area contributed by atoms with Crippen molar-refractivity contribution in [3.8, 4) is 0 Å². The predicted molar refractivity (Wildman–Crippen MR) is 108 cm³/mol. The Bertz CT molecular complexity index is 1080. The molecule has 4 rings (SSSR count). The molecule has 1 aromatic heterocycles. The van der Waals surface area contributed by atoms with Crippen molar-refractivity contribution in [3.63, 3.8) is 0 Å². The number of aromatic nitrogens is 2. The first kappa shape index (κ1) is 18.3. The van der Waals surface area contributed by atoms with Gasteiger partial charge in [0.1, 0.15) is 0 Å². The van der Waals surface area contributed by atoms with Crippen molar-refractivity contribution >= 4 is 29.2 Å². The lowest BCUT2D eigenvalue weighted by molar-refractivity contribution is 0.0962. The van der Waals surface area contributed by atoms with Gasteiger partial charge in [-0.2, -0.15) is 0 Å². The highest BCUT2D eigenvalue weighted by Crippen LogP contribution is 2.33. The van der Waals surface area contributed by atoms with E-state index in [2.05, 4.69) is 15.3 Å². The second-order valence-electron chi connectivity index (χ2n) is 6.96. The maximum absolute atomic E-state index is 12.5. The summed E-state index contributed by atoms with van der Waals surface area (Å²) < 4.78 is 0. The quantitative estimate of drug-likeness (QED) is 0.708. The van der Waals surface area contributed by atoms with Gasteiger partial charge in [0.15, 0.2) is 5.78 Å². The summed E-state index contributed by atoms with van der Waals surface area (Å²) in [6, 6.07) is 14.8. The third-order valence-electron chi connectivity index (χ3n) is 4.87. The van der Waals surface area contributed by atoms with Gasteiger partial charge in [0.05, 0.1) is 11.3 Å². The summed E-state index contributed by atoms with van der Waals surface area (Å²) in [5.41, 5.74) is 3.71. The number of Topliss-reactive ketones (excluding diaryl/α,β-unsaturated/α-hetero) is 1. The van der Waals surface area contributed by atoms with Crippen molar-refractivity contribution in [2.45, 2.75) is 25.7 Å². The summed E-state index contributed by atoms with van der Waals surface area (Å²) in [5.74, 6) is -0.0707. The third kappa shape index (κ3) is 3.80. The number of carbonyl (C=O) groups is 2. The smallest absolute Gasteiger partial charge is 0.258 e. The second kappa shape index (κ2) is 7.52. The van der Waals surface area contributed by atoms with Crippen molar-refractivity contribution in [1.82, 2.24) is 9.97 Å². The largest absolute Gasteiger partial charge is 0.294 e. The molecule has 1 amide bonds. The van der Waals surface area contributed by atoms with Gasteiger partial charge in [-0.3, -0.25) is 14.9 Å². The minimum Gasteiger partial charge on any atom is -0.294 e. The highest BCUT2D eigenvalue weighted by Gasteiger charge is 2.28. The number of nitrogens with zero attached hydrogens (tertiary/aromatic N) is 2. The van der Waals surface area contributed by atoms with Crippen LogP contribution in [0, 0.1) is 6.92 Å². The van der Waals surface area contributed by atoms with Crippen LogP contribution < -0.4 is 5.32 Å². The van der Waals surface area contributed by atoms with E-state index in [0.29, 0.717) is 34.7 Å². The molecule has 0 spiro atoms. The van der Waals surface area contributed by atoms with Crippen molar-refractivity contribution in [2.24, 2.45) is 0 Å². The summed E-state index contributed by atoms with van der Waals surface area (Å²) >= 11 is 6.09. The monoisotopic (exact) mass is 391 g/mol. The molecule has 1 aliphatic rings. The zero-order valence-corrected chi connectivity index (χ0v) is 16.0. The molecule has 0 saturated carbocycles. The number of hydrogen-bond acceptors (Lipinski definition) is 4. The van der Waals surface area contributed by atoms with Crippen LogP contribution >= 0.6 is 11.6 Å². The van der Waals surface area contributed by atoms with Gasteiger partial charge in [-0.25, -0.2) is 9.97 Å². The molecule has 1 atom stereocenters. The average Bonchev–Trinajstić information content (AvgIpc) is 2.67. The van der Waals surface area contributed by atoms with Gasteiger partial charge in [0.2, 0.25) is 5.95 Å². The predicted octanol–water partition coefficient (Wildman–Crippen LogP) is 4.60. The normalized spacial score (nSPS) is 15.8. The Morgan fingerprint density at radius 3 is 2.75 bits per heavy atom. The van der Waals surface area contributed by atoms with Crippen LogP contribution in [0.1, 0.15) is 49.9 Å². The number of aryl methyl sites for hydroxylation is 1. The molecule has 2 aromatic carbocycles. The van der Waals surface area contributed by atoms with Crippen molar-refractivity contribution in [3.05, 3.63) is 87.7 Å². The summed E-state index contributed by atoms with van der Waals surface area (Å²) in [6.45, 7) is 1.92. The minimum absolute atomic E-state index is 0.00258. The van der Waals surface area contributed by atoms with Gasteiger partial charge >= 0.3 is 0 Å². The molecule has 3 aromatic rings. The lowest BCUT2D eigenvalue weighted by Gasteiger charge is -2.23. The zero-order valence-electron chi connectivity index (χ0n) is 15.3. The van der Waals surface area contributed by atoms with Crippen LogP contribution in [0.2, 0.25) is 5.02 Å². The Balaban J connectivity index is 1.58. The standard InChI is InChI=1S/C22H18ClN3O2/c1-13-4-2-6-15(8-13)21(28)26-22-24-12-18-19(25-22)10-16(11-20(18)27)14-5-3-7-17(23)9-14/h2-9,12,16H,10-11H2,1H3,(H,24,25,26,28)/t16-/m0/s1. The molecular weight excluding hydrogens is 374 g/mol. The van der Waals surface area contributed by atoms with E-state index in [1.54, 1.807) is 12.1 Å². The van der Waals surface area contributed by atoms with Gasteiger partial charge in [-0.15, -0.1) is 0 Å². The number of fused-ring (bicyclic) bond motifs is 1. The molecule has 1 N–H and O–H groups in total.